The molecule has 4 rings (SSSR count). The number of carbonyl (C=O) groups is 1. The number of aromatic nitrogens is 2. The standard InChI is InChI=1S/C20H16N2O4S2/c1-13-7-8-18(28(25,26)12-14-5-3-2-4-6-14)15(9-13)17-11-27-20-21-16(19(23)24)10-22(17)20/h2-11H,12H2,1H3,(H,23,24). The van der Waals surface area contributed by atoms with E-state index in [2.05, 4.69) is 4.98 Å². The highest BCUT2D eigenvalue weighted by molar-refractivity contribution is 7.90. The lowest BCUT2D eigenvalue weighted by atomic mass is 10.1. The SMILES string of the molecule is Cc1ccc(S(=O)(=O)Cc2ccccc2)c(-c2csc3nc(C(=O)O)cn23)c1. The topological polar surface area (TPSA) is 88.7 Å². The summed E-state index contributed by atoms with van der Waals surface area (Å²) < 4.78 is 28.0. The van der Waals surface area contributed by atoms with Crippen molar-refractivity contribution in [2.75, 3.05) is 0 Å². The monoisotopic (exact) mass is 412 g/mol. The molecule has 0 unspecified atom stereocenters. The lowest BCUT2D eigenvalue weighted by molar-refractivity contribution is 0.0691. The van der Waals surface area contributed by atoms with E-state index in [1.807, 2.05) is 25.1 Å². The molecule has 0 radical (unpaired) electrons. The molecule has 4 aromatic rings. The second-order valence-electron chi connectivity index (χ2n) is 6.45. The maximum Gasteiger partial charge on any atom is 0.356 e. The van der Waals surface area contributed by atoms with E-state index in [0.29, 0.717) is 21.8 Å². The fraction of sp³-hybridized carbons (Fsp3) is 0.100. The molecule has 28 heavy (non-hydrogen) atoms. The van der Waals surface area contributed by atoms with Gasteiger partial charge in [-0.2, -0.15) is 0 Å². The minimum atomic E-state index is -3.61. The van der Waals surface area contributed by atoms with Gasteiger partial charge in [-0.1, -0.05) is 42.0 Å². The summed E-state index contributed by atoms with van der Waals surface area (Å²) in [6, 6.07) is 14.2. The Hall–Kier alpha value is -2.97. The van der Waals surface area contributed by atoms with Crippen molar-refractivity contribution in [2.45, 2.75) is 17.6 Å². The third-order valence-electron chi connectivity index (χ3n) is 4.37. The van der Waals surface area contributed by atoms with Crippen LogP contribution in [0.3, 0.4) is 0 Å². The van der Waals surface area contributed by atoms with Crippen molar-refractivity contribution in [3.8, 4) is 11.3 Å². The van der Waals surface area contributed by atoms with Crippen LogP contribution in [0, 0.1) is 6.92 Å². The number of fused-ring (bicyclic) bond motifs is 1. The molecule has 2 aromatic carbocycles. The first-order valence-electron chi connectivity index (χ1n) is 8.43. The Morgan fingerprint density at radius 2 is 1.93 bits per heavy atom. The van der Waals surface area contributed by atoms with Crippen molar-refractivity contribution < 1.29 is 18.3 Å². The molecule has 0 spiro atoms. The molecule has 0 bridgehead atoms. The van der Waals surface area contributed by atoms with Gasteiger partial charge in [0.25, 0.3) is 0 Å². The van der Waals surface area contributed by atoms with Gasteiger partial charge in [0, 0.05) is 17.1 Å². The average Bonchev–Trinajstić information content (AvgIpc) is 3.22. The average molecular weight is 412 g/mol. The number of aromatic carboxylic acids is 1. The van der Waals surface area contributed by atoms with Gasteiger partial charge in [-0.25, -0.2) is 18.2 Å². The van der Waals surface area contributed by atoms with Crippen molar-refractivity contribution in [3.63, 3.8) is 0 Å². The molecule has 0 amide bonds. The number of hydrogen-bond donors (Lipinski definition) is 1. The molecule has 2 aromatic heterocycles. The maximum atomic E-state index is 13.2. The maximum absolute atomic E-state index is 13.2. The van der Waals surface area contributed by atoms with E-state index in [9.17, 15) is 18.3 Å². The fourth-order valence-corrected chi connectivity index (χ4v) is 5.50. The van der Waals surface area contributed by atoms with E-state index in [-0.39, 0.29) is 16.3 Å². The minimum absolute atomic E-state index is 0.0746. The zero-order valence-corrected chi connectivity index (χ0v) is 16.5. The lowest BCUT2D eigenvalue weighted by Gasteiger charge is -2.11. The zero-order valence-electron chi connectivity index (χ0n) is 14.9. The van der Waals surface area contributed by atoms with E-state index in [4.69, 9.17) is 0 Å². The summed E-state index contributed by atoms with van der Waals surface area (Å²) in [5.41, 5.74) is 2.69. The molecule has 2 heterocycles. The largest absolute Gasteiger partial charge is 0.476 e. The van der Waals surface area contributed by atoms with Gasteiger partial charge >= 0.3 is 5.97 Å². The van der Waals surface area contributed by atoms with Crippen molar-refractivity contribution in [2.24, 2.45) is 0 Å². The molecule has 0 fully saturated rings. The summed E-state index contributed by atoms with van der Waals surface area (Å²) in [6.07, 6.45) is 1.42. The highest BCUT2D eigenvalue weighted by atomic mass is 32.2. The highest BCUT2D eigenvalue weighted by Crippen LogP contribution is 2.33. The highest BCUT2D eigenvalue weighted by Gasteiger charge is 2.23. The van der Waals surface area contributed by atoms with Gasteiger partial charge in [0.2, 0.25) is 0 Å². The van der Waals surface area contributed by atoms with Crippen LogP contribution in [0.2, 0.25) is 0 Å². The molecular weight excluding hydrogens is 396 g/mol. The van der Waals surface area contributed by atoms with Crippen LogP contribution in [0.25, 0.3) is 16.2 Å². The Morgan fingerprint density at radius 3 is 2.64 bits per heavy atom. The summed E-state index contributed by atoms with van der Waals surface area (Å²) >= 11 is 1.27. The summed E-state index contributed by atoms with van der Waals surface area (Å²) in [5, 5.41) is 11.0. The van der Waals surface area contributed by atoms with Crippen molar-refractivity contribution in [1.29, 1.82) is 0 Å². The van der Waals surface area contributed by atoms with Crippen molar-refractivity contribution >= 4 is 32.1 Å². The molecule has 0 aliphatic carbocycles. The molecule has 142 valence electrons. The molecule has 6 nitrogen and oxygen atoms in total. The minimum Gasteiger partial charge on any atom is -0.476 e. The number of sulfone groups is 1. The second kappa shape index (κ2) is 6.88. The lowest BCUT2D eigenvalue weighted by Crippen LogP contribution is -2.07. The van der Waals surface area contributed by atoms with Gasteiger partial charge in [-0.3, -0.25) is 4.40 Å². The molecular formula is C20H16N2O4S2. The molecule has 1 N–H and O–H groups in total. The number of nitrogens with zero attached hydrogens (tertiary/aromatic N) is 2. The Kier molecular flexibility index (Phi) is 4.52. The Morgan fingerprint density at radius 1 is 1.18 bits per heavy atom. The van der Waals surface area contributed by atoms with Gasteiger partial charge < -0.3 is 5.11 Å². The van der Waals surface area contributed by atoms with Crippen LogP contribution in [-0.4, -0.2) is 28.9 Å². The Bertz CT molecular complexity index is 1290. The predicted octanol–water partition coefficient (Wildman–Crippen LogP) is 4.04. The van der Waals surface area contributed by atoms with E-state index in [1.54, 1.807) is 40.1 Å². The Labute approximate surface area is 165 Å². The van der Waals surface area contributed by atoms with Gasteiger partial charge in [-0.05, 0) is 24.6 Å². The van der Waals surface area contributed by atoms with Gasteiger partial charge in [0.1, 0.15) is 0 Å². The van der Waals surface area contributed by atoms with Gasteiger partial charge in [-0.15, -0.1) is 11.3 Å². The summed E-state index contributed by atoms with van der Waals surface area (Å²) in [4.78, 5) is 16.0. The van der Waals surface area contributed by atoms with E-state index in [1.165, 1.54) is 17.5 Å². The van der Waals surface area contributed by atoms with Crippen LogP contribution in [-0.2, 0) is 15.6 Å². The van der Waals surface area contributed by atoms with Crippen LogP contribution < -0.4 is 0 Å². The van der Waals surface area contributed by atoms with E-state index in [0.717, 1.165) is 5.56 Å². The van der Waals surface area contributed by atoms with E-state index < -0.39 is 15.8 Å². The number of carboxylic acids is 1. The quantitative estimate of drug-likeness (QED) is 0.534. The number of thiazole rings is 1. The van der Waals surface area contributed by atoms with Crippen LogP contribution >= 0.6 is 11.3 Å². The molecule has 0 atom stereocenters. The first-order valence-corrected chi connectivity index (χ1v) is 11.0. The first kappa shape index (κ1) is 18.4. The number of aryl methyl sites for hydroxylation is 1. The van der Waals surface area contributed by atoms with Crippen molar-refractivity contribution in [1.82, 2.24) is 9.38 Å². The van der Waals surface area contributed by atoms with E-state index >= 15 is 0 Å². The summed E-state index contributed by atoms with van der Waals surface area (Å²) in [7, 11) is -3.61. The number of rotatable bonds is 5. The predicted molar refractivity (Wildman–Crippen MR) is 108 cm³/mol. The zero-order chi connectivity index (χ0) is 19.9. The second-order valence-corrected chi connectivity index (χ2v) is 9.24. The molecule has 0 saturated heterocycles. The Balaban J connectivity index is 1.87. The molecule has 0 aliphatic rings. The number of carboxylic acid groups (broad SMARTS) is 1. The summed E-state index contributed by atoms with van der Waals surface area (Å²) in [5.74, 6) is -1.23. The van der Waals surface area contributed by atoms with Gasteiger partial charge in [0.05, 0.1) is 16.3 Å². The molecule has 0 aliphatic heterocycles. The fourth-order valence-electron chi connectivity index (χ4n) is 3.07. The smallest absolute Gasteiger partial charge is 0.356 e. The number of benzene rings is 2. The normalized spacial score (nSPS) is 11.8. The van der Waals surface area contributed by atoms with Crippen LogP contribution in [0.1, 0.15) is 21.6 Å². The van der Waals surface area contributed by atoms with Crippen LogP contribution in [0.5, 0.6) is 0 Å². The van der Waals surface area contributed by atoms with Gasteiger partial charge in [0.15, 0.2) is 20.5 Å². The number of hydrogen-bond acceptors (Lipinski definition) is 5. The first-order chi connectivity index (χ1) is 13.3. The molecule has 0 saturated carbocycles. The van der Waals surface area contributed by atoms with Crippen molar-refractivity contribution in [3.05, 3.63) is 76.9 Å². The summed E-state index contributed by atoms with van der Waals surface area (Å²) in [6.45, 7) is 1.89. The third-order valence-corrected chi connectivity index (χ3v) is 6.95. The van der Waals surface area contributed by atoms with Crippen LogP contribution in [0.4, 0.5) is 0 Å². The van der Waals surface area contributed by atoms with Crippen LogP contribution in [0.15, 0.2) is 65.0 Å². The third kappa shape index (κ3) is 3.32. The molecule has 8 heteroatoms. The number of imidazole rings is 1.